The lowest BCUT2D eigenvalue weighted by Gasteiger charge is -2.03. The van der Waals surface area contributed by atoms with Gasteiger partial charge in [0, 0.05) is 0 Å². The first-order valence-electron chi connectivity index (χ1n) is 4.13. The Balaban J connectivity index is 3.11. The van der Waals surface area contributed by atoms with Crippen LogP contribution in [0.4, 0.5) is 0 Å². The number of nitrogens with zero attached hydrogens (tertiary/aromatic N) is 1. The highest BCUT2D eigenvalue weighted by Gasteiger charge is 2.02. The lowest BCUT2D eigenvalue weighted by Crippen LogP contribution is -1.91. The molecule has 1 aromatic rings. The van der Waals surface area contributed by atoms with E-state index in [0.29, 0.717) is 0 Å². The van der Waals surface area contributed by atoms with Crippen LogP contribution in [0.1, 0.15) is 30.0 Å². The number of hydrogen-bond acceptors (Lipinski definition) is 1. The average molecular weight is 158 g/mol. The average Bonchev–Trinajstić information content (AvgIpc) is 2.05. The maximum atomic E-state index is 8.84. The molecule has 0 aromatic heterocycles. The van der Waals surface area contributed by atoms with Gasteiger partial charge < -0.3 is 0 Å². The predicted molar refractivity (Wildman–Crippen MR) is 49.6 cm³/mol. The molecule has 0 aliphatic rings. The van der Waals surface area contributed by atoms with Crippen molar-refractivity contribution in [3.8, 4) is 6.07 Å². The Hall–Kier alpha value is -1.29. The molecule has 0 amide bonds. The Bertz CT molecular complexity index is 307. The standard InChI is InChI=1S/C11H12N/c1-3-5-10-7-4-6-9(2)11(10)8-12/h4,6-7H,2-3,5H2,1H3. The SMILES string of the molecule is [CH2]c1cccc(CCC)c1C#N. The van der Waals surface area contributed by atoms with Crippen LogP contribution in [0.2, 0.25) is 0 Å². The van der Waals surface area contributed by atoms with Crippen molar-refractivity contribution in [3.05, 3.63) is 41.8 Å². The van der Waals surface area contributed by atoms with Crippen LogP contribution in [0.5, 0.6) is 0 Å². The third-order valence-electron chi connectivity index (χ3n) is 1.87. The van der Waals surface area contributed by atoms with Crippen LogP contribution in [-0.4, -0.2) is 0 Å². The summed E-state index contributed by atoms with van der Waals surface area (Å²) < 4.78 is 0. The van der Waals surface area contributed by atoms with Gasteiger partial charge in [0.1, 0.15) is 0 Å². The second-order valence-electron chi connectivity index (χ2n) is 2.81. The van der Waals surface area contributed by atoms with Gasteiger partial charge in [0.05, 0.1) is 11.6 Å². The third kappa shape index (κ3) is 1.65. The summed E-state index contributed by atoms with van der Waals surface area (Å²) >= 11 is 0. The van der Waals surface area contributed by atoms with E-state index in [1.165, 1.54) is 0 Å². The maximum Gasteiger partial charge on any atom is 0.0997 e. The van der Waals surface area contributed by atoms with Crippen LogP contribution in [0.15, 0.2) is 18.2 Å². The molecular formula is C11H12N. The number of aryl methyl sites for hydroxylation is 1. The fraction of sp³-hybridized carbons (Fsp3) is 0.273. The summed E-state index contributed by atoms with van der Waals surface area (Å²) in [5.41, 5.74) is 2.70. The summed E-state index contributed by atoms with van der Waals surface area (Å²) in [4.78, 5) is 0. The smallest absolute Gasteiger partial charge is 0.0997 e. The monoisotopic (exact) mass is 158 g/mol. The van der Waals surface area contributed by atoms with Crippen LogP contribution in [0, 0.1) is 18.3 Å². The van der Waals surface area contributed by atoms with Gasteiger partial charge in [0.25, 0.3) is 0 Å². The van der Waals surface area contributed by atoms with E-state index in [0.717, 1.165) is 29.5 Å². The van der Waals surface area contributed by atoms with Gasteiger partial charge in [-0.3, -0.25) is 0 Å². The van der Waals surface area contributed by atoms with Crippen molar-refractivity contribution in [3.63, 3.8) is 0 Å². The van der Waals surface area contributed by atoms with Crippen molar-refractivity contribution in [1.29, 1.82) is 5.26 Å². The van der Waals surface area contributed by atoms with Gasteiger partial charge in [-0.25, -0.2) is 0 Å². The molecule has 1 rings (SSSR count). The molecule has 0 spiro atoms. The molecule has 1 aromatic carbocycles. The molecule has 1 nitrogen and oxygen atoms in total. The molecule has 1 radical (unpaired) electrons. The zero-order valence-corrected chi connectivity index (χ0v) is 7.30. The summed E-state index contributed by atoms with van der Waals surface area (Å²) in [6.07, 6.45) is 2.03. The highest BCUT2D eigenvalue weighted by atomic mass is 14.2. The fourth-order valence-corrected chi connectivity index (χ4v) is 1.27. The van der Waals surface area contributed by atoms with Crippen molar-refractivity contribution in [2.75, 3.05) is 0 Å². The van der Waals surface area contributed by atoms with Crippen LogP contribution in [0.3, 0.4) is 0 Å². The van der Waals surface area contributed by atoms with E-state index in [1.54, 1.807) is 0 Å². The molecule has 0 bridgehead atoms. The molecule has 0 unspecified atom stereocenters. The second kappa shape index (κ2) is 3.92. The molecular weight excluding hydrogens is 146 g/mol. The van der Waals surface area contributed by atoms with E-state index in [9.17, 15) is 0 Å². The van der Waals surface area contributed by atoms with Gasteiger partial charge in [0.2, 0.25) is 0 Å². The van der Waals surface area contributed by atoms with E-state index in [-0.39, 0.29) is 0 Å². The van der Waals surface area contributed by atoms with Gasteiger partial charge in [0.15, 0.2) is 0 Å². The van der Waals surface area contributed by atoms with Crippen molar-refractivity contribution in [2.45, 2.75) is 19.8 Å². The topological polar surface area (TPSA) is 23.8 Å². The molecule has 12 heavy (non-hydrogen) atoms. The Morgan fingerprint density at radius 1 is 1.50 bits per heavy atom. The molecule has 0 saturated heterocycles. The highest BCUT2D eigenvalue weighted by molar-refractivity contribution is 5.45. The third-order valence-corrected chi connectivity index (χ3v) is 1.87. The zero-order chi connectivity index (χ0) is 8.97. The van der Waals surface area contributed by atoms with E-state index in [2.05, 4.69) is 19.9 Å². The van der Waals surface area contributed by atoms with Crippen molar-refractivity contribution >= 4 is 0 Å². The largest absolute Gasteiger partial charge is 0.192 e. The minimum absolute atomic E-state index is 0.749. The Morgan fingerprint density at radius 2 is 2.25 bits per heavy atom. The van der Waals surface area contributed by atoms with Gasteiger partial charge in [-0.1, -0.05) is 31.5 Å². The first kappa shape index (κ1) is 8.80. The molecule has 0 fully saturated rings. The molecule has 0 saturated carbocycles. The van der Waals surface area contributed by atoms with Crippen molar-refractivity contribution in [1.82, 2.24) is 0 Å². The van der Waals surface area contributed by atoms with Crippen LogP contribution < -0.4 is 0 Å². The summed E-state index contributed by atoms with van der Waals surface area (Å²) in [7, 11) is 0. The summed E-state index contributed by atoms with van der Waals surface area (Å²) in [6.45, 7) is 5.92. The highest BCUT2D eigenvalue weighted by Crippen LogP contribution is 2.14. The molecule has 61 valence electrons. The van der Waals surface area contributed by atoms with E-state index < -0.39 is 0 Å². The fourth-order valence-electron chi connectivity index (χ4n) is 1.27. The molecule has 0 aliphatic heterocycles. The normalized spacial score (nSPS) is 9.42. The van der Waals surface area contributed by atoms with Crippen molar-refractivity contribution in [2.24, 2.45) is 0 Å². The number of benzene rings is 1. The molecule has 0 heterocycles. The Morgan fingerprint density at radius 3 is 2.83 bits per heavy atom. The minimum Gasteiger partial charge on any atom is -0.192 e. The minimum atomic E-state index is 0.749. The summed E-state index contributed by atoms with van der Waals surface area (Å²) in [5, 5.41) is 8.84. The quantitative estimate of drug-likeness (QED) is 0.649. The second-order valence-corrected chi connectivity index (χ2v) is 2.81. The van der Waals surface area contributed by atoms with Crippen LogP contribution >= 0.6 is 0 Å². The van der Waals surface area contributed by atoms with E-state index in [4.69, 9.17) is 5.26 Å². The lowest BCUT2D eigenvalue weighted by atomic mass is 10.00. The number of rotatable bonds is 2. The summed E-state index contributed by atoms with van der Waals surface area (Å²) in [6, 6.07) is 8.01. The van der Waals surface area contributed by atoms with Gasteiger partial charge in [-0.05, 0) is 24.5 Å². The first-order valence-corrected chi connectivity index (χ1v) is 4.13. The predicted octanol–water partition coefficient (Wildman–Crippen LogP) is 2.69. The summed E-state index contributed by atoms with van der Waals surface area (Å²) in [5.74, 6) is 0. The number of nitriles is 1. The lowest BCUT2D eigenvalue weighted by molar-refractivity contribution is 0.917. The van der Waals surface area contributed by atoms with Crippen molar-refractivity contribution < 1.29 is 0 Å². The van der Waals surface area contributed by atoms with Gasteiger partial charge in [-0.2, -0.15) is 5.26 Å². The number of hydrogen-bond donors (Lipinski definition) is 0. The first-order chi connectivity index (χ1) is 5.79. The van der Waals surface area contributed by atoms with Gasteiger partial charge >= 0.3 is 0 Å². The Kier molecular flexibility index (Phi) is 2.88. The molecule has 0 N–H and O–H groups in total. The molecule has 0 aliphatic carbocycles. The van der Waals surface area contributed by atoms with Gasteiger partial charge in [-0.15, -0.1) is 0 Å². The van der Waals surface area contributed by atoms with E-state index >= 15 is 0 Å². The van der Waals surface area contributed by atoms with Crippen LogP contribution in [-0.2, 0) is 6.42 Å². The zero-order valence-electron chi connectivity index (χ0n) is 7.30. The van der Waals surface area contributed by atoms with Crippen LogP contribution in [0.25, 0.3) is 0 Å². The molecule has 1 heteroatoms. The Labute approximate surface area is 73.6 Å². The van der Waals surface area contributed by atoms with E-state index in [1.807, 2.05) is 18.2 Å². The molecule has 0 atom stereocenters. The maximum absolute atomic E-state index is 8.84.